The molecule has 0 spiro atoms. The molecule has 0 bridgehead atoms. The molecule has 24 heavy (non-hydrogen) atoms. The Hall–Kier alpha value is -2.03. The number of nitrogens with zero attached hydrogens (tertiary/aromatic N) is 2. The van der Waals surface area contributed by atoms with Gasteiger partial charge in [-0.3, -0.25) is 9.59 Å². The van der Waals surface area contributed by atoms with Gasteiger partial charge >= 0.3 is 6.18 Å². The third-order valence-corrected chi connectivity index (χ3v) is 4.41. The summed E-state index contributed by atoms with van der Waals surface area (Å²) in [4.78, 5) is 29.2. The molecule has 0 aromatic carbocycles. The van der Waals surface area contributed by atoms with Crippen LogP contribution in [0, 0.1) is 13.8 Å². The van der Waals surface area contributed by atoms with Crippen LogP contribution in [-0.2, 0) is 12.7 Å². The molecular formula is C15H16F3N3O2S. The van der Waals surface area contributed by atoms with E-state index in [4.69, 9.17) is 0 Å². The van der Waals surface area contributed by atoms with Crippen molar-refractivity contribution < 1.29 is 18.0 Å². The number of aryl methyl sites for hydroxylation is 1. The SMILES string of the molecule is CCn1c(C)cc(C(=O)CSc2nc(C(F)(F)F)cc(=O)[nH]2)c1C. The third-order valence-electron chi connectivity index (χ3n) is 3.54. The summed E-state index contributed by atoms with van der Waals surface area (Å²) in [5.74, 6) is -0.342. The zero-order valence-corrected chi connectivity index (χ0v) is 14.1. The van der Waals surface area contributed by atoms with Gasteiger partial charge in [0.25, 0.3) is 5.56 Å². The summed E-state index contributed by atoms with van der Waals surface area (Å²) in [6.07, 6.45) is -4.71. The first-order chi connectivity index (χ1) is 11.1. The van der Waals surface area contributed by atoms with Gasteiger partial charge in [-0.25, -0.2) is 4.98 Å². The smallest absolute Gasteiger partial charge is 0.349 e. The van der Waals surface area contributed by atoms with Gasteiger partial charge in [0.1, 0.15) is 0 Å². The number of halogens is 3. The molecule has 0 radical (unpaired) electrons. The van der Waals surface area contributed by atoms with E-state index in [1.165, 1.54) is 0 Å². The highest BCUT2D eigenvalue weighted by atomic mass is 32.2. The van der Waals surface area contributed by atoms with Crippen LogP contribution in [0.1, 0.15) is 34.4 Å². The molecule has 130 valence electrons. The Bertz CT molecular complexity index is 824. The fraction of sp³-hybridized carbons (Fsp3) is 0.400. The lowest BCUT2D eigenvalue weighted by molar-refractivity contribution is -0.141. The van der Waals surface area contributed by atoms with Crippen LogP contribution in [0.15, 0.2) is 22.1 Å². The van der Waals surface area contributed by atoms with Crippen LogP contribution in [-0.4, -0.2) is 26.1 Å². The monoisotopic (exact) mass is 359 g/mol. The largest absolute Gasteiger partial charge is 0.433 e. The number of thioether (sulfide) groups is 1. The van der Waals surface area contributed by atoms with E-state index in [0.29, 0.717) is 11.6 Å². The summed E-state index contributed by atoms with van der Waals surface area (Å²) >= 11 is 0.774. The first-order valence-electron chi connectivity index (χ1n) is 7.14. The fourth-order valence-electron chi connectivity index (χ4n) is 2.43. The Kier molecular flexibility index (Phi) is 5.22. The highest BCUT2D eigenvalue weighted by Crippen LogP contribution is 2.28. The minimum atomic E-state index is -4.71. The first-order valence-corrected chi connectivity index (χ1v) is 8.13. The number of H-pyrrole nitrogens is 1. The molecule has 2 aromatic rings. The van der Waals surface area contributed by atoms with E-state index in [-0.39, 0.29) is 16.7 Å². The minimum Gasteiger partial charge on any atom is -0.349 e. The predicted octanol–water partition coefficient (Wildman–Crippen LogP) is 3.20. The molecule has 2 aromatic heterocycles. The second-order valence-electron chi connectivity index (χ2n) is 5.17. The molecule has 0 aliphatic carbocycles. The number of nitrogens with one attached hydrogen (secondary N) is 1. The number of rotatable bonds is 5. The molecular weight excluding hydrogens is 343 g/mol. The van der Waals surface area contributed by atoms with E-state index in [1.54, 1.807) is 6.07 Å². The van der Waals surface area contributed by atoms with Gasteiger partial charge in [-0.15, -0.1) is 0 Å². The molecule has 0 saturated carbocycles. The average molecular weight is 359 g/mol. The van der Waals surface area contributed by atoms with Crippen LogP contribution >= 0.6 is 11.8 Å². The molecule has 2 heterocycles. The standard InChI is InChI=1S/C15H16F3N3O2S/c1-4-21-8(2)5-10(9(21)3)11(22)7-24-14-19-12(15(16,17)18)6-13(23)20-14/h5-6H,4,7H2,1-3H3,(H,19,20,23). The van der Waals surface area contributed by atoms with Gasteiger partial charge in [-0.2, -0.15) is 13.2 Å². The van der Waals surface area contributed by atoms with E-state index in [1.807, 2.05) is 25.3 Å². The number of aromatic amines is 1. The number of hydrogen-bond donors (Lipinski definition) is 1. The van der Waals surface area contributed by atoms with E-state index in [9.17, 15) is 22.8 Å². The van der Waals surface area contributed by atoms with Crippen LogP contribution < -0.4 is 5.56 Å². The maximum absolute atomic E-state index is 12.7. The van der Waals surface area contributed by atoms with Crippen molar-refractivity contribution in [2.45, 2.75) is 38.6 Å². The van der Waals surface area contributed by atoms with Crippen molar-refractivity contribution in [3.8, 4) is 0 Å². The van der Waals surface area contributed by atoms with E-state index in [0.717, 1.165) is 29.7 Å². The second-order valence-corrected chi connectivity index (χ2v) is 6.14. The predicted molar refractivity (Wildman–Crippen MR) is 84.5 cm³/mol. The topological polar surface area (TPSA) is 67.8 Å². The lowest BCUT2D eigenvalue weighted by atomic mass is 10.2. The van der Waals surface area contributed by atoms with Crippen molar-refractivity contribution in [3.05, 3.63) is 45.1 Å². The Morgan fingerprint density at radius 3 is 2.54 bits per heavy atom. The van der Waals surface area contributed by atoms with E-state index in [2.05, 4.69) is 9.97 Å². The van der Waals surface area contributed by atoms with Crippen molar-refractivity contribution in [2.75, 3.05) is 5.75 Å². The van der Waals surface area contributed by atoms with Crippen LogP contribution in [0.4, 0.5) is 13.2 Å². The van der Waals surface area contributed by atoms with Gasteiger partial charge in [-0.05, 0) is 26.8 Å². The summed E-state index contributed by atoms with van der Waals surface area (Å²) < 4.78 is 39.9. The third kappa shape index (κ3) is 3.89. The lowest BCUT2D eigenvalue weighted by Gasteiger charge is -2.07. The maximum Gasteiger partial charge on any atom is 0.433 e. The van der Waals surface area contributed by atoms with Gasteiger partial charge in [0, 0.05) is 29.6 Å². The molecule has 9 heteroatoms. The molecule has 5 nitrogen and oxygen atoms in total. The van der Waals surface area contributed by atoms with Crippen LogP contribution in [0.25, 0.3) is 0 Å². The Morgan fingerprint density at radius 1 is 1.33 bits per heavy atom. The average Bonchev–Trinajstić information content (AvgIpc) is 2.77. The quantitative estimate of drug-likeness (QED) is 0.506. The first kappa shape index (κ1) is 18.3. The zero-order valence-electron chi connectivity index (χ0n) is 13.3. The van der Waals surface area contributed by atoms with Gasteiger partial charge < -0.3 is 9.55 Å². The highest BCUT2D eigenvalue weighted by Gasteiger charge is 2.33. The lowest BCUT2D eigenvalue weighted by Crippen LogP contribution is -2.17. The minimum absolute atomic E-state index is 0.113. The molecule has 0 fully saturated rings. The normalized spacial score (nSPS) is 11.8. The summed E-state index contributed by atoms with van der Waals surface area (Å²) in [6, 6.07) is 2.14. The molecule has 0 atom stereocenters. The zero-order chi connectivity index (χ0) is 18.1. The Morgan fingerprint density at radius 2 is 2.00 bits per heavy atom. The van der Waals surface area contributed by atoms with Crippen LogP contribution in [0.3, 0.4) is 0 Å². The Labute approximate surface area is 140 Å². The number of ketones is 1. The molecule has 0 saturated heterocycles. The van der Waals surface area contributed by atoms with Gasteiger partial charge in [-0.1, -0.05) is 11.8 Å². The molecule has 0 aliphatic heterocycles. The van der Waals surface area contributed by atoms with E-state index < -0.39 is 17.4 Å². The molecule has 0 aliphatic rings. The van der Waals surface area contributed by atoms with Gasteiger partial charge in [0.2, 0.25) is 0 Å². The highest BCUT2D eigenvalue weighted by molar-refractivity contribution is 7.99. The molecule has 1 N–H and O–H groups in total. The number of carbonyl (C=O) groups is 1. The fourth-order valence-corrected chi connectivity index (χ4v) is 3.19. The second kappa shape index (κ2) is 6.84. The van der Waals surface area contributed by atoms with Gasteiger partial charge in [0.05, 0.1) is 5.75 Å². The summed E-state index contributed by atoms with van der Waals surface area (Å²) in [6.45, 7) is 6.38. The van der Waals surface area contributed by atoms with Crippen molar-refractivity contribution in [2.24, 2.45) is 0 Å². The number of carbonyl (C=O) groups excluding carboxylic acids is 1. The van der Waals surface area contributed by atoms with Crippen LogP contribution in [0.2, 0.25) is 0 Å². The molecule has 0 amide bonds. The van der Waals surface area contributed by atoms with Crippen LogP contribution in [0.5, 0.6) is 0 Å². The van der Waals surface area contributed by atoms with Crippen molar-refractivity contribution >= 4 is 17.5 Å². The number of Topliss-reactive ketones (excluding diaryl/α,β-unsaturated/α-hetero) is 1. The van der Waals surface area contributed by atoms with Crippen molar-refractivity contribution in [1.82, 2.24) is 14.5 Å². The van der Waals surface area contributed by atoms with Gasteiger partial charge in [0.15, 0.2) is 16.6 Å². The van der Waals surface area contributed by atoms with Crippen molar-refractivity contribution in [1.29, 1.82) is 0 Å². The summed E-state index contributed by atoms with van der Waals surface area (Å²) in [5, 5.41) is -0.229. The summed E-state index contributed by atoms with van der Waals surface area (Å²) in [5.41, 5.74) is 0.0954. The number of aromatic nitrogens is 3. The maximum atomic E-state index is 12.7. The summed E-state index contributed by atoms with van der Waals surface area (Å²) in [7, 11) is 0. The Balaban J connectivity index is 2.18. The molecule has 2 rings (SSSR count). The number of alkyl halides is 3. The van der Waals surface area contributed by atoms with Crippen molar-refractivity contribution in [3.63, 3.8) is 0 Å². The van der Waals surface area contributed by atoms with E-state index >= 15 is 0 Å². The molecule has 0 unspecified atom stereocenters. The number of hydrogen-bond acceptors (Lipinski definition) is 4.